The highest BCUT2D eigenvalue weighted by Crippen LogP contribution is 2.39. The van der Waals surface area contributed by atoms with Gasteiger partial charge in [-0.1, -0.05) is 114 Å². The molecule has 8 N–H and O–H groups in total. The quantitative estimate of drug-likeness (QED) is 0.0182. The molecule has 0 radical (unpaired) electrons. The molecule has 0 atom stereocenters. The summed E-state index contributed by atoms with van der Waals surface area (Å²) in [6.45, 7) is 18.6. The van der Waals surface area contributed by atoms with Crippen LogP contribution in [0.3, 0.4) is 0 Å². The number of likely N-dealkylation sites (N-methyl/N-ethyl adjacent to an activating group) is 1. The number of hydrogen-bond acceptors (Lipinski definition) is 31. The van der Waals surface area contributed by atoms with E-state index < -0.39 is 40.1 Å². The Morgan fingerprint density at radius 1 is 0.311 bits per heavy atom. The summed E-state index contributed by atoms with van der Waals surface area (Å²) in [4.78, 5) is 62.6. The number of benzene rings is 8. The minimum Gasteiger partial charge on any atom is -0.379 e. The molecule has 35 nitrogen and oxygen atoms in total. The van der Waals surface area contributed by atoms with Gasteiger partial charge in [0.25, 0.3) is 0 Å². The van der Waals surface area contributed by atoms with Crippen LogP contribution in [-0.4, -0.2) is 267 Å². The van der Waals surface area contributed by atoms with Gasteiger partial charge >= 0.3 is 0 Å². The lowest BCUT2D eigenvalue weighted by atomic mass is 10.0. The second-order valence-electron chi connectivity index (χ2n) is 35.7. The summed E-state index contributed by atoms with van der Waals surface area (Å²) >= 11 is 31.4. The van der Waals surface area contributed by atoms with Gasteiger partial charge in [-0.2, -0.15) is 0 Å². The van der Waals surface area contributed by atoms with Crippen molar-refractivity contribution in [2.75, 3.05) is 189 Å². The van der Waals surface area contributed by atoms with Crippen LogP contribution in [0.4, 0.5) is 68.8 Å². The molecule has 8 aromatic carbocycles. The van der Waals surface area contributed by atoms with Gasteiger partial charge in [-0.05, 0) is 215 Å². The van der Waals surface area contributed by atoms with E-state index in [0.29, 0.717) is 132 Å². The highest BCUT2D eigenvalue weighted by Gasteiger charge is 2.25. The van der Waals surface area contributed by atoms with Crippen LogP contribution in [0.2, 0.25) is 25.2 Å². The standard InChI is InChI=1S/C27H30ClN7O2S.C26H26Cl2N6O3S.C26H27ClN6O3S.C24H25ClN6O2S.CH4/c1-19-3-5-22(15-25(19)28)32-27-24-14-20(4-6-26(24)30-18-31-27)21-13-23(17-29-16-21)33-38(36,37)12-11-35-9-7-34(2)8-10-35;1-17-2-4-20(14-22(17)27)32-26-21-12-18(3-5-23(21)30-16-31-26)19-13-24(25(28)29-15-19)33-38(35,36)11-8-34-6-9-37-10-7-34;1-18-2-4-21(14-24(18)27)31-26-23-13-19(3-5-25(23)29-17-30-26)20-12-22(16-28-15-20)32-37(34,35)11-8-33-6-9-36-10-7-33;1-16-4-6-19(12-22(16)25)29-24-21-11-17(5-7-23(21)27-15-28-24)18-10-20(14-26-13-18)30-34(32,33)9-8-31(2)3;/h3-6,13-18,33H,7-12H2,1-2H3,(H,30,31,32);2-5,12-16,33H,6-11H2,1H3,(H,30,31,32);2-5,12-17,32H,6-11H2,1H3,(H,29,30,31);4-7,10-15,30H,8-9H2,1-3H3,(H,27,28,29);1H4. The maximum atomic E-state index is 12.8. The van der Waals surface area contributed by atoms with Crippen LogP contribution in [0, 0.1) is 27.7 Å². The zero-order valence-corrected chi connectivity index (χ0v) is 88.4. The molecule has 44 heteroatoms. The number of anilines is 12. The van der Waals surface area contributed by atoms with Crippen LogP contribution in [0.1, 0.15) is 29.7 Å². The Hall–Kier alpha value is -12.9. The topological polar surface area (TPSA) is 422 Å². The number of fused-ring (bicyclic) bond motifs is 4. The number of aryl methyl sites for hydroxylation is 4. The number of sulfonamides is 4. The van der Waals surface area contributed by atoms with Crippen molar-refractivity contribution in [1.82, 2.24) is 84.3 Å². The molecule has 11 heterocycles. The molecule has 3 fully saturated rings. The first kappa shape index (κ1) is 109. The van der Waals surface area contributed by atoms with Gasteiger partial charge in [0, 0.05) is 190 Å². The average molecular weight is 2180 g/mol. The summed E-state index contributed by atoms with van der Waals surface area (Å²) in [5, 5.41) is 19.2. The molecule has 0 aliphatic carbocycles. The van der Waals surface area contributed by atoms with Crippen LogP contribution in [0.15, 0.2) is 239 Å². The summed E-state index contributed by atoms with van der Waals surface area (Å²) in [7, 11) is -8.42. The van der Waals surface area contributed by atoms with Crippen molar-refractivity contribution in [2.45, 2.75) is 35.1 Å². The van der Waals surface area contributed by atoms with E-state index in [4.69, 9.17) is 67.5 Å². The maximum absolute atomic E-state index is 12.8. The Morgan fingerprint density at radius 2 is 0.601 bits per heavy atom. The second kappa shape index (κ2) is 49.9. The first-order valence-electron chi connectivity index (χ1n) is 46.9. The minimum atomic E-state index is -3.64. The van der Waals surface area contributed by atoms with Gasteiger partial charge in [-0.3, -0.25) is 48.5 Å². The highest BCUT2D eigenvalue weighted by molar-refractivity contribution is 7.93. The Morgan fingerprint density at radius 3 is 0.905 bits per heavy atom. The Labute approximate surface area is 886 Å². The first-order valence-corrected chi connectivity index (χ1v) is 55.4. The number of aromatic nitrogens is 12. The van der Waals surface area contributed by atoms with Gasteiger partial charge in [0.1, 0.15) is 48.6 Å². The number of rotatable bonds is 32. The van der Waals surface area contributed by atoms with E-state index >= 15 is 0 Å². The summed E-state index contributed by atoms with van der Waals surface area (Å²) < 4.78 is 123. The number of ether oxygens (including phenoxy) is 2. The molecule has 0 unspecified atom stereocenters. The van der Waals surface area contributed by atoms with Crippen LogP contribution in [-0.2, 0) is 49.6 Å². The molecule has 0 amide bonds. The van der Waals surface area contributed by atoms with Crippen molar-refractivity contribution in [3.63, 3.8) is 0 Å². The second-order valence-corrected chi connectivity index (χ2v) is 45.0. The largest absolute Gasteiger partial charge is 0.379 e. The number of nitrogens with zero attached hydrogens (tertiary/aromatic N) is 17. The molecule has 0 saturated carbocycles. The number of morpholine rings is 2. The van der Waals surface area contributed by atoms with Crippen molar-refractivity contribution in [3.05, 3.63) is 286 Å². The monoisotopic (exact) mass is 2170 g/mol. The highest BCUT2D eigenvalue weighted by atomic mass is 35.5. The van der Waals surface area contributed by atoms with Crippen LogP contribution in [0.25, 0.3) is 88.1 Å². The molecular weight excluding hydrogens is 2060 g/mol. The van der Waals surface area contributed by atoms with Crippen LogP contribution < -0.4 is 40.2 Å². The third kappa shape index (κ3) is 30.5. The van der Waals surface area contributed by atoms with Crippen molar-refractivity contribution in [2.24, 2.45) is 0 Å². The van der Waals surface area contributed by atoms with Gasteiger partial charge in [0.2, 0.25) is 40.1 Å². The maximum Gasteiger partial charge on any atom is 0.234 e. The smallest absolute Gasteiger partial charge is 0.234 e. The molecule has 0 spiro atoms. The fourth-order valence-electron chi connectivity index (χ4n) is 15.9. The average Bonchev–Trinajstić information content (AvgIpc) is 0.790. The fraction of sp³-hybridized carbons (Fsp3) is 0.269. The molecule has 3 aliphatic heterocycles. The van der Waals surface area contributed by atoms with E-state index in [1.165, 1.54) is 43.9 Å². The zero-order chi connectivity index (χ0) is 104. The molecule has 772 valence electrons. The van der Waals surface area contributed by atoms with Crippen LogP contribution in [0.5, 0.6) is 0 Å². The normalized spacial score (nSPS) is 13.9. The lowest BCUT2D eigenvalue weighted by molar-refractivity contribution is 0.0408. The third-order valence-electron chi connectivity index (χ3n) is 24.4. The van der Waals surface area contributed by atoms with Gasteiger partial charge in [0.05, 0.1) is 113 Å². The van der Waals surface area contributed by atoms with E-state index in [1.54, 1.807) is 49.1 Å². The summed E-state index contributed by atoms with van der Waals surface area (Å²) in [5.74, 6) is 2.51. The Balaban J connectivity index is 0.000000148. The summed E-state index contributed by atoms with van der Waals surface area (Å²) in [5.41, 5.74) is 18.1. The van der Waals surface area contributed by atoms with Crippen molar-refractivity contribution < 1.29 is 43.1 Å². The number of halogens is 5. The molecule has 3 aliphatic rings. The van der Waals surface area contributed by atoms with Crippen molar-refractivity contribution >= 4 is 210 Å². The van der Waals surface area contributed by atoms with E-state index in [1.807, 2.05) is 192 Å². The number of piperazine rings is 1. The predicted molar refractivity (Wildman–Crippen MR) is 597 cm³/mol. The SMILES string of the molecule is C.Cc1ccc(Nc2ncnc3ccc(-c4cnc(Cl)c(NS(=O)(=O)CCN5CCOCC5)c4)cc23)cc1Cl.Cc1ccc(Nc2ncnc3ccc(-c4cncc(NS(=O)(=O)CCN(C)C)c4)cc23)cc1Cl.Cc1ccc(Nc2ncnc3ccc(-c4cncc(NS(=O)(=O)CCN5CCN(C)CC5)c4)cc23)cc1Cl.Cc1ccc(Nc2ncnc3ccc(-c4cncc(NS(=O)(=O)CCN5CCOCC5)c4)cc23)cc1Cl. The molecule has 0 bridgehead atoms. The van der Waals surface area contributed by atoms with Crippen molar-refractivity contribution in [3.8, 4) is 44.5 Å². The molecule has 8 aromatic heterocycles. The molecular formula is C104H112Cl5N25O10S4. The van der Waals surface area contributed by atoms with Gasteiger partial charge in [0.15, 0.2) is 5.15 Å². The van der Waals surface area contributed by atoms with Crippen LogP contribution >= 0.6 is 58.0 Å². The third-order valence-corrected chi connectivity index (χ3v) is 31.4. The lowest BCUT2D eigenvalue weighted by Crippen LogP contribution is -2.46. The fourth-order valence-corrected chi connectivity index (χ4v) is 21.2. The van der Waals surface area contributed by atoms with Gasteiger partial charge in [-0.15, -0.1) is 0 Å². The van der Waals surface area contributed by atoms with E-state index in [0.717, 1.165) is 167 Å². The molecule has 16 aromatic rings. The summed E-state index contributed by atoms with van der Waals surface area (Å²) in [6.07, 6.45) is 17.2. The molecule has 148 heavy (non-hydrogen) atoms. The minimum absolute atomic E-state index is 0. The lowest BCUT2D eigenvalue weighted by Gasteiger charge is -2.32. The predicted octanol–water partition coefficient (Wildman–Crippen LogP) is 19.3. The Kier molecular flexibility index (Phi) is 36.9. The number of nitrogens with one attached hydrogen (secondary N) is 8. The van der Waals surface area contributed by atoms with Gasteiger partial charge in [-0.25, -0.2) is 78.5 Å². The summed E-state index contributed by atoms with van der Waals surface area (Å²) in [6, 6.07) is 53.0. The van der Waals surface area contributed by atoms with E-state index in [-0.39, 0.29) is 41.3 Å². The van der Waals surface area contributed by atoms with E-state index in [2.05, 4.69) is 127 Å². The molecule has 19 rings (SSSR count). The first-order chi connectivity index (χ1) is 70.6. The van der Waals surface area contributed by atoms with Gasteiger partial charge < -0.3 is 40.5 Å². The number of hydrogen-bond donors (Lipinski definition) is 8. The number of pyridine rings is 4. The van der Waals surface area contributed by atoms with E-state index in [9.17, 15) is 33.7 Å². The van der Waals surface area contributed by atoms with Crippen molar-refractivity contribution in [1.29, 1.82) is 0 Å². The Bertz CT molecular complexity index is 7950. The zero-order valence-electron chi connectivity index (χ0n) is 81.4. The molecule has 3 saturated heterocycles.